The summed E-state index contributed by atoms with van der Waals surface area (Å²) in [4.78, 5) is 13.7. The number of benzene rings is 2. The lowest BCUT2D eigenvalue weighted by Gasteiger charge is -2.10. The van der Waals surface area contributed by atoms with Gasteiger partial charge in [0.1, 0.15) is 0 Å². The van der Waals surface area contributed by atoms with Crippen molar-refractivity contribution in [1.82, 2.24) is 9.71 Å². The number of aromatic amines is 1. The van der Waals surface area contributed by atoms with Gasteiger partial charge in [0.2, 0.25) is 10.0 Å². The van der Waals surface area contributed by atoms with Crippen LogP contribution in [0.3, 0.4) is 0 Å². The normalized spacial score (nSPS) is 11.9. The summed E-state index contributed by atoms with van der Waals surface area (Å²) in [6.07, 6.45) is 0. The van der Waals surface area contributed by atoms with Gasteiger partial charge in [-0.2, -0.15) is 0 Å². The van der Waals surface area contributed by atoms with E-state index in [0.29, 0.717) is 5.52 Å². The highest BCUT2D eigenvalue weighted by Crippen LogP contribution is 2.17. The quantitative estimate of drug-likeness (QED) is 0.766. The topological polar surface area (TPSA) is 92.2 Å². The fourth-order valence-electron chi connectivity index (χ4n) is 2.34. The van der Waals surface area contributed by atoms with Crippen molar-refractivity contribution in [3.8, 4) is 0 Å². The molecule has 0 radical (unpaired) electrons. The van der Waals surface area contributed by atoms with Crippen LogP contribution < -0.4 is 10.5 Å². The first-order valence-electron chi connectivity index (χ1n) is 7.04. The van der Waals surface area contributed by atoms with Crippen molar-refractivity contribution in [2.75, 3.05) is 0 Å². The maximum atomic E-state index is 12.4. The second-order valence-electron chi connectivity index (χ2n) is 5.43. The van der Waals surface area contributed by atoms with Crippen LogP contribution >= 0.6 is 0 Å². The van der Waals surface area contributed by atoms with Gasteiger partial charge in [0, 0.05) is 12.6 Å². The molecule has 0 aliphatic carbocycles. The van der Waals surface area contributed by atoms with Gasteiger partial charge in [-0.05, 0) is 37.1 Å². The van der Waals surface area contributed by atoms with Crippen LogP contribution in [0, 0.1) is 13.8 Å². The van der Waals surface area contributed by atoms with Gasteiger partial charge in [0.25, 0.3) is 0 Å². The predicted molar refractivity (Wildman–Crippen MR) is 86.8 cm³/mol. The van der Waals surface area contributed by atoms with Gasteiger partial charge in [0.05, 0.1) is 10.4 Å². The molecule has 0 saturated heterocycles. The van der Waals surface area contributed by atoms with E-state index in [1.54, 1.807) is 0 Å². The van der Waals surface area contributed by atoms with Gasteiger partial charge in [-0.25, -0.2) is 17.9 Å². The van der Waals surface area contributed by atoms with Crippen molar-refractivity contribution in [3.63, 3.8) is 0 Å². The van der Waals surface area contributed by atoms with Crippen molar-refractivity contribution >= 4 is 21.1 Å². The molecule has 2 N–H and O–H groups in total. The van der Waals surface area contributed by atoms with Crippen molar-refractivity contribution in [1.29, 1.82) is 0 Å². The average Bonchev–Trinajstić information content (AvgIpc) is 2.87. The standard InChI is InChI=1S/C16H16N2O4S/c1-10-3-4-11(2)12(7-10)9-17-23(20,21)13-5-6-14-15(8-13)22-16(19)18-14/h3-8,17H,9H2,1-2H3,(H,18,19). The lowest BCUT2D eigenvalue weighted by Crippen LogP contribution is -2.23. The third-order valence-corrected chi connectivity index (χ3v) is 5.06. The summed E-state index contributed by atoms with van der Waals surface area (Å²) in [5, 5.41) is 0. The van der Waals surface area contributed by atoms with Crippen LogP contribution in [-0.2, 0) is 16.6 Å². The SMILES string of the molecule is Cc1ccc(C)c(CNS(=O)(=O)c2ccc3[nH]c(=O)oc3c2)c1. The molecule has 0 amide bonds. The highest BCUT2D eigenvalue weighted by Gasteiger charge is 2.16. The molecule has 0 bridgehead atoms. The molecule has 3 rings (SSSR count). The minimum atomic E-state index is -3.70. The van der Waals surface area contributed by atoms with E-state index in [2.05, 4.69) is 9.71 Å². The van der Waals surface area contributed by atoms with Gasteiger partial charge >= 0.3 is 5.76 Å². The zero-order valence-electron chi connectivity index (χ0n) is 12.7. The Morgan fingerprint density at radius 1 is 1.13 bits per heavy atom. The first-order valence-corrected chi connectivity index (χ1v) is 8.52. The fourth-order valence-corrected chi connectivity index (χ4v) is 3.36. The molecule has 7 heteroatoms. The second kappa shape index (κ2) is 5.68. The minimum absolute atomic E-state index is 0.0538. The van der Waals surface area contributed by atoms with E-state index in [1.807, 2.05) is 32.0 Å². The smallest absolute Gasteiger partial charge is 0.408 e. The predicted octanol–water partition coefficient (Wildman–Crippen LogP) is 2.22. The summed E-state index contributed by atoms with van der Waals surface area (Å²) in [6, 6.07) is 10.2. The van der Waals surface area contributed by atoms with E-state index in [0.717, 1.165) is 16.7 Å². The van der Waals surface area contributed by atoms with Gasteiger partial charge in [0.15, 0.2) is 5.58 Å². The largest absolute Gasteiger partial charge is 0.417 e. The summed E-state index contributed by atoms with van der Waals surface area (Å²) in [6.45, 7) is 4.09. The zero-order chi connectivity index (χ0) is 16.6. The number of hydrogen-bond acceptors (Lipinski definition) is 4. The van der Waals surface area contributed by atoms with E-state index in [4.69, 9.17) is 4.42 Å². The Labute approximate surface area is 133 Å². The Kier molecular flexibility index (Phi) is 3.83. The molecular formula is C16H16N2O4S. The summed E-state index contributed by atoms with van der Waals surface area (Å²) < 4.78 is 32.3. The van der Waals surface area contributed by atoms with Crippen molar-refractivity contribution in [2.45, 2.75) is 25.3 Å². The van der Waals surface area contributed by atoms with Crippen molar-refractivity contribution in [3.05, 3.63) is 63.6 Å². The number of sulfonamides is 1. The van der Waals surface area contributed by atoms with Crippen LogP contribution in [0.1, 0.15) is 16.7 Å². The number of oxazole rings is 1. The first kappa shape index (κ1) is 15.5. The Morgan fingerprint density at radius 3 is 2.70 bits per heavy atom. The maximum absolute atomic E-state index is 12.4. The molecule has 6 nitrogen and oxygen atoms in total. The molecule has 0 spiro atoms. The maximum Gasteiger partial charge on any atom is 0.417 e. The zero-order valence-corrected chi connectivity index (χ0v) is 13.5. The number of hydrogen-bond donors (Lipinski definition) is 2. The number of fused-ring (bicyclic) bond motifs is 1. The molecule has 3 aromatic rings. The average molecular weight is 332 g/mol. The van der Waals surface area contributed by atoms with Crippen molar-refractivity contribution in [2.24, 2.45) is 0 Å². The van der Waals surface area contributed by atoms with Crippen LogP contribution in [0.4, 0.5) is 0 Å². The highest BCUT2D eigenvalue weighted by atomic mass is 32.2. The van der Waals surface area contributed by atoms with E-state index >= 15 is 0 Å². The Bertz CT molecular complexity index is 1030. The van der Waals surface area contributed by atoms with Gasteiger partial charge in [-0.15, -0.1) is 0 Å². The number of rotatable bonds is 4. The van der Waals surface area contributed by atoms with E-state index in [1.165, 1.54) is 18.2 Å². The fraction of sp³-hybridized carbons (Fsp3) is 0.188. The highest BCUT2D eigenvalue weighted by molar-refractivity contribution is 7.89. The second-order valence-corrected chi connectivity index (χ2v) is 7.19. The summed E-state index contributed by atoms with van der Waals surface area (Å²) in [7, 11) is -3.70. The monoisotopic (exact) mass is 332 g/mol. The third-order valence-electron chi connectivity index (χ3n) is 3.66. The molecular weight excluding hydrogens is 316 g/mol. The molecule has 0 saturated carbocycles. The molecule has 1 aromatic heterocycles. The lowest BCUT2D eigenvalue weighted by atomic mass is 10.1. The minimum Gasteiger partial charge on any atom is -0.408 e. The Hall–Kier alpha value is -2.38. The van der Waals surface area contributed by atoms with Crippen LogP contribution in [0.2, 0.25) is 0 Å². The lowest BCUT2D eigenvalue weighted by molar-refractivity contribution is 0.553. The molecule has 1 heterocycles. The van der Waals surface area contributed by atoms with E-state index < -0.39 is 15.8 Å². The summed E-state index contributed by atoms with van der Waals surface area (Å²) >= 11 is 0. The van der Waals surface area contributed by atoms with Crippen LogP contribution in [0.25, 0.3) is 11.1 Å². The number of nitrogens with one attached hydrogen (secondary N) is 2. The molecule has 0 fully saturated rings. The molecule has 0 atom stereocenters. The van der Waals surface area contributed by atoms with E-state index in [-0.39, 0.29) is 17.0 Å². The summed E-state index contributed by atoms with van der Waals surface area (Å²) in [5.74, 6) is -0.613. The Morgan fingerprint density at radius 2 is 1.91 bits per heavy atom. The number of aromatic nitrogens is 1. The van der Waals surface area contributed by atoms with Crippen LogP contribution in [0.5, 0.6) is 0 Å². The van der Waals surface area contributed by atoms with Crippen LogP contribution in [-0.4, -0.2) is 13.4 Å². The Balaban J connectivity index is 1.88. The van der Waals surface area contributed by atoms with Gasteiger partial charge < -0.3 is 4.42 Å². The van der Waals surface area contributed by atoms with Crippen molar-refractivity contribution < 1.29 is 12.8 Å². The van der Waals surface area contributed by atoms with Crippen LogP contribution in [0.15, 0.2) is 50.5 Å². The van der Waals surface area contributed by atoms with E-state index in [9.17, 15) is 13.2 Å². The first-order chi connectivity index (χ1) is 10.8. The molecule has 0 aliphatic heterocycles. The molecule has 23 heavy (non-hydrogen) atoms. The third kappa shape index (κ3) is 3.20. The number of H-pyrrole nitrogens is 1. The summed E-state index contributed by atoms with van der Waals surface area (Å²) in [5.41, 5.74) is 3.68. The molecule has 0 unspecified atom stereocenters. The molecule has 2 aromatic carbocycles. The van der Waals surface area contributed by atoms with Gasteiger partial charge in [-0.3, -0.25) is 4.98 Å². The number of aryl methyl sites for hydroxylation is 2. The van der Waals surface area contributed by atoms with Gasteiger partial charge in [-0.1, -0.05) is 23.8 Å². The molecule has 120 valence electrons. The molecule has 0 aliphatic rings.